The number of likely N-dealkylation sites (tertiary alicyclic amines) is 1. The molecule has 1 atom stereocenters. The van der Waals surface area contributed by atoms with Gasteiger partial charge >= 0.3 is 0 Å². The van der Waals surface area contributed by atoms with E-state index >= 15 is 0 Å². The molecule has 1 aromatic carbocycles. The Hall–Kier alpha value is -0.770. The summed E-state index contributed by atoms with van der Waals surface area (Å²) in [6, 6.07) is 5.39. The van der Waals surface area contributed by atoms with Crippen LogP contribution in [0.4, 0.5) is 0 Å². The molecule has 0 aliphatic carbocycles. The fourth-order valence-electron chi connectivity index (χ4n) is 2.45. The summed E-state index contributed by atoms with van der Waals surface area (Å²) in [6.07, 6.45) is 3.10. The van der Waals surface area contributed by atoms with Gasteiger partial charge in [-0.2, -0.15) is 0 Å². The topological polar surface area (TPSA) is 32.7 Å². The van der Waals surface area contributed by atoms with Crippen LogP contribution in [0, 0.1) is 0 Å². The molecule has 106 valence electrons. The number of aliphatic hydroxyl groups excluding tert-OH is 1. The molecule has 1 saturated heterocycles. The van der Waals surface area contributed by atoms with Gasteiger partial charge in [0.25, 0.3) is 0 Å². The van der Waals surface area contributed by atoms with E-state index in [4.69, 9.17) is 16.3 Å². The third kappa shape index (κ3) is 4.37. The van der Waals surface area contributed by atoms with Crippen molar-refractivity contribution in [3.8, 4) is 5.75 Å². The SMILES string of the molecule is C[C@H](O)c1cc(Cl)ccc1OCCCN1CCCC1. The molecule has 0 bridgehead atoms. The van der Waals surface area contributed by atoms with E-state index in [1.807, 2.05) is 6.07 Å². The second-order valence-corrected chi connectivity index (χ2v) is 5.55. The summed E-state index contributed by atoms with van der Waals surface area (Å²) in [7, 11) is 0. The molecule has 2 rings (SSSR count). The van der Waals surface area contributed by atoms with Crippen LogP contribution in [0.25, 0.3) is 0 Å². The van der Waals surface area contributed by atoms with Crippen LogP contribution in [-0.2, 0) is 0 Å². The van der Waals surface area contributed by atoms with Gasteiger partial charge in [0.2, 0.25) is 0 Å². The molecule has 1 N–H and O–H groups in total. The van der Waals surface area contributed by atoms with E-state index < -0.39 is 6.10 Å². The predicted octanol–water partition coefficient (Wildman–Crippen LogP) is 3.26. The number of ether oxygens (including phenoxy) is 1. The third-order valence-electron chi connectivity index (χ3n) is 3.50. The largest absolute Gasteiger partial charge is 0.493 e. The first-order valence-corrected chi connectivity index (χ1v) is 7.37. The van der Waals surface area contributed by atoms with E-state index in [9.17, 15) is 5.11 Å². The summed E-state index contributed by atoms with van der Waals surface area (Å²) in [6.45, 7) is 5.94. The average Bonchev–Trinajstić information content (AvgIpc) is 2.89. The van der Waals surface area contributed by atoms with Crippen LogP contribution in [0.1, 0.15) is 37.9 Å². The Labute approximate surface area is 120 Å². The minimum atomic E-state index is -0.563. The standard InChI is InChI=1S/C15H22ClNO2/c1-12(18)14-11-13(16)5-6-15(14)19-10-4-9-17-7-2-3-8-17/h5-6,11-12,18H,2-4,7-10H2,1H3/t12-/m0/s1. The molecule has 0 radical (unpaired) electrons. The first-order chi connectivity index (χ1) is 9.16. The number of halogens is 1. The van der Waals surface area contributed by atoms with Crippen LogP contribution in [0.5, 0.6) is 5.75 Å². The summed E-state index contributed by atoms with van der Waals surface area (Å²) >= 11 is 5.93. The van der Waals surface area contributed by atoms with Crippen LogP contribution >= 0.6 is 11.6 Å². The van der Waals surface area contributed by atoms with Crippen LogP contribution in [0.3, 0.4) is 0 Å². The molecule has 19 heavy (non-hydrogen) atoms. The van der Waals surface area contributed by atoms with Crippen molar-refractivity contribution >= 4 is 11.6 Å². The quantitative estimate of drug-likeness (QED) is 0.814. The Morgan fingerprint density at radius 3 is 2.79 bits per heavy atom. The van der Waals surface area contributed by atoms with Crippen LogP contribution in [-0.4, -0.2) is 36.2 Å². The summed E-state index contributed by atoms with van der Waals surface area (Å²) in [5.41, 5.74) is 0.758. The predicted molar refractivity (Wildman–Crippen MR) is 77.9 cm³/mol. The van der Waals surface area contributed by atoms with Crippen molar-refractivity contribution in [2.75, 3.05) is 26.2 Å². The van der Waals surface area contributed by atoms with Crippen molar-refractivity contribution in [1.29, 1.82) is 0 Å². The fraction of sp³-hybridized carbons (Fsp3) is 0.600. The Morgan fingerprint density at radius 1 is 1.37 bits per heavy atom. The maximum Gasteiger partial charge on any atom is 0.125 e. The summed E-state index contributed by atoms with van der Waals surface area (Å²) < 4.78 is 5.77. The average molecular weight is 284 g/mol. The molecule has 1 heterocycles. The molecular formula is C15H22ClNO2. The molecule has 0 saturated carbocycles. The molecule has 1 aromatic rings. The van der Waals surface area contributed by atoms with Gasteiger partial charge in [0.05, 0.1) is 12.7 Å². The van der Waals surface area contributed by atoms with Gasteiger partial charge in [-0.1, -0.05) is 11.6 Å². The zero-order valence-corrected chi connectivity index (χ0v) is 12.2. The second-order valence-electron chi connectivity index (χ2n) is 5.11. The lowest BCUT2D eigenvalue weighted by molar-refractivity contribution is 0.189. The van der Waals surface area contributed by atoms with Crippen LogP contribution in [0.2, 0.25) is 5.02 Å². The van der Waals surface area contributed by atoms with Gasteiger partial charge in [0, 0.05) is 17.1 Å². The number of rotatable bonds is 6. The molecule has 1 fully saturated rings. The first kappa shape index (κ1) is 14.6. The molecule has 0 unspecified atom stereocenters. The normalized spacial score (nSPS) is 17.6. The zero-order chi connectivity index (χ0) is 13.7. The van der Waals surface area contributed by atoms with E-state index in [-0.39, 0.29) is 0 Å². The minimum absolute atomic E-state index is 0.563. The lowest BCUT2D eigenvalue weighted by atomic mass is 10.1. The van der Waals surface area contributed by atoms with E-state index in [1.165, 1.54) is 25.9 Å². The van der Waals surface area contributed by atoms with E-state index in [0.717, 1.165) is 24.3 Å². The molecule has 0 spiro atoms. The highest BCUT2D eigenvalue weighted by Crippen LogP contribution is 2.28. The third-order valence-corrected chi connectivity index (χ3v) is 3.73. The van der Waals surface area contributed by atoms with Gasteiger partial charge in [-0.15, -0.1) is 0 Å². The number of aliphatic hydroxyl groups is 1. The summed E-state index contributed by atoms with van der Waals surface area (Å²) in [5, 5.41) is 10.3. The fourth-order valence-corrected chi connectivity index (χ4v) is 2.63. The van der Waals surface area contributed by atoms with Crippen molar-refractivity contribution in [2.24, 2.45) is 0 Å². The highest BCUT2D eigenvalue weighted by atomic mass is 35.5. The molecular weight excluding hydrogens is 262 g/mol. The van der Waals surface area contributed by atoms with Gasteiger partial charge in [0.1, 0.15) is 5.75 Å². The Morgan fingerprint density at radius 2 is 2.11 bits per heavy atom. The molecule has 1 aliphatic heterocycles. The Balaban J connectivity index is 1.81. The highest BCUT2D eigenvalue weighted by Gasteiger charge is 2.12. The highest BCUT2D eigenvalue weighted by molar-refractivity contribution is 6.30. The Kier molecular flexibility index (Phi) is 5.49. The molecule has 0 aromatic heterocycles. The van der Waals surface area contributed by atoms with Crippen molar-refractivity contribution in [3.63, 3.8) is 0 Å². The molecule has 3 nitrogen and oxygen atoms in total. The van der Waals surface area contributed by atoms with Gasteiger partial charge in [-0.25, -0.2) is 0 Å². The van der Waals surface area contributed by atoms with E-state index in [2.05, 4.69) is 4.90 Å². The van der Waals surface area contributed by atoms with Gasteiger partial charge in [-0.3, -0.25) is 0 Å². The first-order valence-electron chi connectivity index (χ1n) is 6.99. The molecule has 1 aliphatic rings. The lowest BCUT2D eigenvalue weighted by Crippen LogP contribution is -2.22. The maximum atomic E-state index is 9.71. The van der Waals surface area contributed by atoms with Crippen molar-refractivity contribution < 1.29 is 9.84 Å². The number of benzene rings is 1. The zero-order valence-electron chi connectivity index (χ0n) is 11.4. The molecule has 4 heteroatoms. The number of hydrogen-bond donors (Lipinski definition) is 1. The smallest absolute Gasteiger partial charge is 0.125 e. The summed E-state index contributed by atoms with van der Waals surface area (Å²) in [5.74, 6) is 0.737. The van der Waals surface area contributed by atoms with Gasteiger partial charge < -0.3 is 14.7 Å². The van der Waals surface area contributed by atoms with Crippen molar-refractivity contribution in [3.05, 3.63) is 28.8 Å². The van der Waals surface area contributed by atoms with Crippen LogP contribution in [0.15, 0.2) is 18.2 Å². The minimum Gasteiger partial charge on any atom is -0.493 e. The van der Waals surface area contributed by atoms with Gasteiger partial charge in [-0.05, 0) is 57.5 Å². The lowest BCUT2D eigenvalue weighted by Gasteiger charge is -2.16. The van der Waals surface area contributed by atoms with Crippen LogP contribution < -0.4 is 4.74 Å². The van der Waals surface area contributed by atoms with Crippen molar-refractivity contribution in [2.45, 2.75) is 32.3 Å². The van der Waals surface area contributed by atoms with Gasteiger partial charge in [0.15, 0.2) is 0 Å². The number of nitrogens with zero attached hydrogens (tertiary/aromatic N) is 1. The second kappa shape index (κ2) is 7.13. The van der Waals surface area contributed by atoms with E-state index in [1.54, 1.807) is 19.1 Å². The monoisotopic (exact) mass is 283 g/mol. The maximum absolute atomic E-state index is 9.71. The van der Waals surface area contributed by atoms with E-state index in [0.29, 0.717) is 11.6 Å². The number of hydrogen-bond acceptors (Lipinski definition) is 3. The summed E-state index contributed by atoms with van der Waals surface area (Å²) in [4.78, 5) is 2.47. The molecule has 0 amide bonds. The Bertz CT molecular complexity index is 403. The van der Waals surface area contributed by atoms with Crippen molar-refractivity contribution in [1.82, 2.24) is 4.90 Å².